The van der Waals surface area contributed by atoms with E-state index in [4.69, 9.17) is 0 Å². The topological polar surface area (TPSA) is 15.3 Å². The van der Waals surface area contributed by atoms with Crippen LogP contribution in [0.1, 0.15) is 26.7 Å². The molecule has 2 heteroatoms. The van der Waals surface area contributed by atoms with Gasteiger partial charge in [-0.05, 0) is 26.4 Å². The molecular formula is C11H24N2. The van der Waals surface area contributed by atoms with Crippen molar-refractivity contribution in [2.45, 2.75) is 32.7 Å². The van der Waals surface area contributed by atoms with Crippen LogP contribution in [-0.4, -0.2) is 37.6 Å². The van der Waals surface area contributed by atoms with Gasteiger partial charge in [0.1, 0.15) is 0 Å². The second-order valence-electron chi connectivity index (χ2n) is 3.49. The first-order valence-corrected chi connectivity index (χ1v) is 5.28. The Kier molecular flexibility index (Phi) is 8.05. The summed E-state index contributed by atoms with van der Waals surface area (Å²) in [5, 5.41) is 3.45. The maximum Gasteiger partial charge on any atom is 0.0218 e. The number of likely N-dealkylation sites (N-methyl/N-ethyl adjacent to an activating group) is 1. The van der Waals surface area contributed by atoms with Gasteiger partial charge in [0.2, 0.25) is 0 Å². The number of hydrogen-bond donors (Lipinski definition) is 1. The van der Waals surface area contributed by atoms with Crippen molar-refractivity contribution < 1.29 is 0 Å². The van der Waals surface area contributed by atoms with Crippen molar-refractivity contribution in [3.8, 4) is 0 Å². The van der Waals surface area contributed by atoms with Crippen LogP contribution in [0.25, 0.3) is 0 Å². The second-order valence-corrected chi connectivity index (χ2v) is 3.49. The van der Waals surface area contributed by atoms with Crippen LogP contribution in [0.4, 0.5) is 0 Å². The largest absolute Gasteiger partial charge is 0.315 e. The molecule has 0 amide bonds. The summed E-state index contributed by atoms with van der Waals surface area (Å²) in [5.41, 5.74) is 0. The normalized spacial score (nSPS) is 13.2. The van der Waals surface area contributed by atoms with Crippen LogP contribution in [0.5, 0.6) is 0 Å². The number of rotatable bonds is 8. The van der Waals surface area contributed by atoms with Gasteiger partial charge < -0.3 is 5.32 Å². The molecule has 2 nitrogen and oxygen atoms in total. The molecule has 0 aliphatic carbocycles. The Morgan fingerprint density at radius 3 is 2.62 bits per heavy atom. The van der Waals surface area contributed by atoms with E-state index in [9.17, 15) is 0 Å². The Morgan fingerprint density at radius 1 is 1.46 bits per heavy atom. The van der Waals surface area contributed by atoms with E-state index in [1.54, 1.807) is 0 Å². The molecular weight excluding hydrogens is 160 g/mol. The summed E-state index contributed by atoms with van der Waals surface area (Å²) in [6.07, 6.45) is 4.37. The minimum absolute atomic E-state index is 0.643. The highest BCUT2D eigenvalue weighted by Gasteiger charge is 2.09. The smallest absolute Gasteiger partial charge is 0.0218 e. The molecule has 0 saturated carbocycles. The lowest BCUT2D eigenvalue weighted by Gasteiger charge is -2.26. The Balaban J connectivity index is 3.66. The van der Waals surface area contributed by atoms with Crippen molar-refractivity contribution >= 4 is 0 Å². The van der Waals surface area contributed by atoms with Gasteiger partial charge in [-0.2, -0.15) is 0 Å². The predicted molar refractivity (Wildman–Crippen MR) is 60.1 cm³/mol. The maximum atomic E-state index is 3.75. The first-order valence-electron chi connectivity index (χ1n) is 5.28. The lowest BCUT2D eigenvalue weighted by Crippen LogP contribution is -2.39. The van der Waals surface area contributed by atoms with Gasteiger partial charge in [-0.3, -0.25) is 4.90 Å². The van der Waals surface area contributed by atoms with E-state index in [2.05, 4.69) is 37.7 Å². The van der Waals surface area contributed by atoms with Crippen LogP contribution in [0.3, 0.4) is 0 Å². The average molecular weight is 184 g/mol. The molecule has 0 fully saturated rings. The zero-order valence-electron chi connectivity index (χ0n) is 9.34. The Hall–Kier alpha value is -0.340. The first-order chi connectivity index (χ1) is 6.26. The second kappa shape index (κ2) is 8.27. The highest BCUT2D eigenvalue weighted by atomic mass is 15.1. The first kappa shape index (κ1) is 12.7. The fraction of sp³-hybridized carbons (Fsp3) is 0.818. The Bertz CT molecular complexity index is 123. The van der Waals surface area contributed by atoms with Gasteiger partial charge in [-0.1, -0.05) is 19.9 Å². The fourth-order valence-corrected chi connectivity index (χ4v) is 1.41. The van der Waals surface area contributed by atoms with Crippen LogP contribution in [0.15, 0.2) is 12.7 Å². The summed E-state index contributed by atoms with van der Waals surface area (Å²) in [7, 11) is 2.16. The minimum Gasteiger partial charge on any atom is -0.315 e. The summed E-state index contributed by atoms with van der Waals surface area (Å²) in [5.74, 6) is 0. The quantitative estimate of drug-likeness (QED) is 0.458. The molecule has 1 N–H and O–H groups in total. The van der Waals surface area contributed by atoms with Gasteiger partial charge in [-0.15, -0.1) is 6.58 Å². The molecule has 78 valence electrons. The summed E-state index contributed by atoms with van der Waals surface area (Å²) < 4.78 is 0. The molecule has 0 saturated heterocycles. The third kappa shape index (κ3) is 5.83. The zero-order chi connectivity index (χ0) is 10.1. The van der Waals surface area contributed by atoms with Gasteiger partial charge in [0.05, 0.1) is 0 Å². The molecule has 0 aliphatic rings. The van der Waals surface area contributed by atoms with Crippen molar-refractivity contribution in [1.82, 2.24) is 10.2 Å². The van der Waals surface area contributed by atoms with Crippen LogP contribution >= 0.6 is 0 Å². The van der Waals surface area contributed by atoms with E-state index in [0.29, 0.717) is 6.04 Å². The average Bonchev–Trinajstić information content (AvgIpc) is 2.13. The molecule has 1 atom stereocenters. The summed E-state index contributed by atoms with van der Waals surface area (Å²) in [6.45, 7) is 11.4. The summed E-state index contributed by atoms with van der Waals surface area (Å²) >= 11 is 0. The Labute approximate surface area is 83.0 Å². The Morgan fingerprint density at radius 2 is 2.15 bits per heavy atom. The molecule has 0 aromatic carbocycles. The van der Waals surface area contributed by atoms with Crippen molar-refractivity contribution in [2.75, 3.05) is 26.7 Å². The monoisotopic (exact) mass is 184 g/mol. The van der Waals surface area contributed by atoms with Gasteiger partial charge >= 0.3 is 0 Å². The van der Waals surface area contributed by atoms with Crippen LogP contribution in [0, 0.1) is 0 Å². The molecule has 0 spiro atoms. The third-order valence-electron chi connectivity index (χ3n) is 2.32. The lowest BCUT2D eigenvalue weighted by atomic mass is 10.2. The SMILES string of the molecule is C=CCN(C)C(CC)CNCCC. The molecule has 0 aliphatic heterocycles. The van der Waals surface area contributed by atoms with Gasteiger partial charge in [-0.25, -0.2) is 0 Å². The van der Waals surface area contributed by atoms with Crippen molar-refractivity contribution in [3.63, 3.8) is 0 Å². The predicted octanol–water partition coefficient (Wildman–Crippen LogP) is 1.88. The van der Waals surface area contributed by atoms with E-state index in [-0.39, 0.29) is 0 Å². The standard InChI is InChI=1S/C11H24N2/c1-5-8-12-10-11(7-3)13(4)9-6-2/h6,11-12H,2,5,7-10H2,1,3-4H3. The minimum atomic E-state index is 0.643. The van der Waals surface area contributed by atoms with E-state index in [1.165, 1.54) is 12.8 Å². The van der Waals surface area contributed by atoms with Crippen LogP contribution in [0.2, 0.25) is 0 Å². The summed E-state index contributed by atoms with van der Waals surface area (Å²) in [4.78, 5) is 2.34. The van der Waals surface area contributed by atoms with E-state index in [1.807, 2.05) is 6.08 Å². The number of nitrogens with one attached hydrogen (secondary N) is 1. The molecule has 0 aromatic rings. The highest BCUT2D eigenvalue weighted by molar-refractivity contribution is 4.77. The van der Waals surface area contributed by atoms with Gasteiger partial charge in [0, 0.05) is 19.1 Å². The van der Waals surface area contributed by atoms with E-state index >= 15 is 0 Å². The molecule has 0 bridgehead atoms. The van der Waals surface area contributed by atoms with Crippen molar-refractivity contribution in [3.05, 3.63) is 12.7 Å². The maximum absolute atomic E-state index is 3.75. The number of nitrogens with zero attached hydrogens (tertiary/aromatic N) is 1. The van der Waals surface area contributed by atoms with Crippen LogP contribution < -0.4 is 5.32 Å². The number of hydrogen-bond acceptors (Lipinski definition) is 2. The van der Waals surface area contributed by atoms with Gasteiger partial charge in [0.15, 0.2) is 0 Å². The zero-order valence-corrected chi connectivity index (χ0v) is 9.34. The molecule has 13 heavy (non-hydrogen) atoms. The van der Waals surface area contributed by atoms with E-state index in [0.717, 1.165) is 19.6 Å². The van der Waals surface area contributed by atoms with Gasteiger partial charge in [0.25, 0.3) is 0 Å². The van der Waals surface area contributed by atoms with E-state index < -0.39 is 0 Å². The molecule has 0 rings (SSSR count). The van der Waals surface area contributed by atoms with Crippen molar-refractivity contribution in [2.24, 2.45) is 0 Å². The molecule has 0 aromatic heterocycles. The van der Waals surface area contributed by atoms with Crippen molar-refractivity contribution in [1.29, 1.82) is 0 Å². The third-order valence-corrected chi connectivity index (χ3v) is 2.32. The highest BCUT2D eigenvalue weighted by Crippen LogP contribution is 1.99. The van der Waals surface area contributed by atoms with Crippen LogP contribution in [-0.2, 0) is 0 Å². The lowest BCUT2D eigenvalue weighted by molar-refractivity contribution is 0.252. The fourth-order valence-electron chi connectivity index (χ4n) is 1.41. The summed E-state index contributed by atoms with van der Waals surface area (Å²) in [6, 6.07) is 0.643. The molecule has 0 radical (unpaired) electrons. The molecule has 1 unspecified atom stereocenters. The molecule has 0 heterocycles.